The van der Waals surface area contributed by atoms with E-state index in [1.165, 1.54) is 28.1 Å². The van der Waals surface area contributed by atoms with Crippen LogP contribution in [0.2, 0.25) is 0 Å². The lowest BCUT2D eigenvalue weighted by molar-refractivity contribution is 0.581. The van der Waals surface area contributed by atoms with Gasteiger partial charge in [-0.2, -0.15) is 0 Å². The number of nitrogens with one attached hydrogen (secondary N) is 1. The zero-order chi connectivity index (χ0) is 15.4. The van der Waals surface area contributed by atoms with Gasteiger partial charge in [0.15, 0.2) is 0 Å². The molecular formula is C19H22BrN. The van der Waals surface area contributed by atoms with Crippen LogP contribution in [0.3, 0.4) is 0 Å². The highest BCUT2D eigenvalue weighted by Gasteiger charge is 2.33. The summed E-state index contributed by atoms with van der Waals surface area (Å²) in [6, 6.07) is 13.3. The summed E-state index contributed by atoms with van der Waals surface area (Å²) in [5.74, 6) is 0. The summed E-state index contributed by atoms with van der Waals surface area (Å²) in [6.45, 7) is 11.4. The van der Waals surface area contributed by atoms with E-state index in [-0.39, 0.29) is 10.8 Å². The Bertz CT molecular complexity index is 708. The molecule has 0 spiro atoms. The van der Waals surface area contributed by atoms with Gasteiger partial charge in [-0.15, -0.1) is 0 Å². The first-order valence-corrected chi connectivity index (χ1v) is 8.21. The summed E-state index contributed by atoms with van der Waals surface area (Å²) in [7, 11) is 0. The number of rotatable bonds is 0. The van der Waals surface area contributed by atoms with Crippen molar-refractivity contribution in [1.29, 1.82) is 0 Å². The lowest BCUT2D eigenvalue weighted by atomic mass is 9.72. The van der Waals surface area contributed by atoms with Crippen molar-refractivity contribution in [2.75, 3.05) is 5.32 Å². The molecule has 0 aliphatic carbocycles. The molecule has 0 radical (unpaired) electrons. The first-order chi connectivity index (χ1) is 9.69. The quantitative estimate of drug-likeness (QED) is 0.606. The molecule has 0 bridgehead atoms. The zero-order valence-corrected chi connectivity index (χ0v) is 14.9. The SMILES string of the molecule is CC(C)(C)c1ccc2c(c1)C(C)(C)c1cc(Br)ccc1N2. The fourth-order valence-corrected chi connectivity index (χ4v) is 3.43. The van der Waals surface area contributed by atoms with Crippen LogP contribution < -0.4 is 5.32 Å². The molecule has 0 unspecified atom stereocenters. The molecule has 2 aromatic rings. The second kappa shape index (κ2) is 4.61. The summed E-state index contributed by atoms with van der Waals surface area (Å²) in [5, 5.41) is 3.58. The summed E-state index contributed by atoms with van der Waals surface area (Å²) in [5.41, 5.74) is 6.71. The number of fused-ring (bicyclic) bond motifs is 2. The molecule has 0 aromatic heterocycles. The molecule has 21 heavy (non-hydrogen) atoms. The Balaban J connectivity index is 2.21. The van der Waals surface area contributed by atoms with Gasteiger partial charge in [0, 0.05) is 21.3 Å². The fraction of sp³-hybridized carbons (Fsp3) is 0.368. The van der Waals surface area contributed by atoms with Crippen molar-refractivity contribution in [1.82, 2.24) is 0 Å². The first kappa shape index (κ1) is 14.6. The molecule has 0 saturated carbocycles. The van der Waals surface area contributed by atoms with Crippen molar-refractivity contribution in [3.05, 3.63) is 57.6 Å². The van der Waals surface area contributed by atoms with Gasteiger partial charge in [0.2, 0.25) is 0 Å². The molecule has 1 nitrogen and oxygen atoms in total. The largest absolute Gasteiger partial charge is 0.355 e. The van der Waals surface area contributed by atoms with Crippen molar-refractivity contribution in [3.8, 4) is 0 Å². The molecule has 1 aliphatic rings. The van der Waals surface area contributed by atoms with Gasteiger partial charge in [-0.05, 0) is 46.4 Å². The average Bonchev–Trinajstić information content (AvgIpc) is 2.39. The molecule has 0 fully saturated rings. The van der Waals surface area contributed by atoms with E-state index < -0.39 is 0 Å². The van der Waals surface area contributed by atoms with Gasteiger partial charge in [0.1, 0.15) is 0 Å². The van der Waals surface area contributed by atoms with Crippen molar-refractivity contribution >= 4 is 27.3 Å². The fourth-order valence-electron chi connectivity index (χ4n) is 3.07. The van der Waals surface area contributed by atoms with Crippen LogP contribution in [-0.2, 0) is 10.8 Å². The van der Waals surface area contributed by atoms with Crippen molar-refractivity contribution in [2.24, 2.45) is 0 Å². The van der Waals surface area contributed by atoms with Crippen LogP contribution in [0.4, 0.5) is 11.4 Å². The van der Waals surface area contributed by atoms with E-state index in [1.54, 1.807) is 0 Å². The first-order valence-electron chi connectivity index (χ1n) is 7.42. The Kier molecular flexibility index (Phi) is 3.21. The number of benzene rings is 2. The topological polar surface area (TPSA) is 12.0 Å². The lowest BCUT2D eigenvalue weighted by Crippen LogP contribution is -2.27. The highest BCUT2D eigenvalue weighted by Crippen LogP contribution is 2.47. The minimum Gasteiger partial charge on any atom is -0.355 e. The zero-order valence-electron chi connectivity index (χ0n) is 13.3. The smallest absolute Gasteiger partial charge is 0.0426 e. The van der Waals surface area contributed by atoms with E-state index in [2.05, 4.69) is 92.3 Å². The molecule has 2 aromatic carbocycles. The average molecular weight is 344 g/mol. The van der Waals surface area contributed by atoms with Crippen LogP contribution in [-0.4, -0.2) is 0 Å². The predicted molar refractivity (Wildman–Crippen MR) is 94.7 cm³/mol. The lowest BCUT2D eigenvalue weighted by Gasteiger charge is -2.37. The van der Waals surface area contributed by atoms with Crippen LogP contribution in [0.1, 0.15) is 51.3 Å². The highest BCUT2D eigenvalue weighted by atomic mass is 79.9. The maximum absolute atomic E-state index is 3.60. The molecule has 3 rings (SSSR count). The molecule has 0 saturated heterocycles. The van der Waals surface area contributed by atoms with Gasteiger partial charge in [0.25, 0.3) is 0 Å². The third-order valence-electron chi connectivity index (χ3n) is 4.48. The Morgan fingerprint density at radius 3 is 2.10 bits per heavy atom. The molecule has 0 atom stereocenters. The molecule has 110 valence electrons. The van der Waals surface area contributed by atoms with Gasteiger partial charge in [0.05, 0.1) is 0 Å². The van der Waals surface area contributed by atoms with Crippen LogP contribution >= 0.6 is 15.9 Å². The van der Waals surface area contributed by atoms with Gasteiger partial charge < -0.3 is 5.32 Å². The Morgan fingerprint density at radius 2 is 1.48 bits per heavy atom. The van der Waals surface area contributed by atoms with Gasteiger partial charge in [-0.1, -0.05) is 62.7 Å². The molecular weight excluding hydrogens is 322 g/mol. The third-order valence-corrected chi connectivity index (χ3v) is 4.98. The Labute approximate surface area is 135 Å². The molecule has 2 heteroatoms. The summed E-state index contributed by atoms with van der Waals surface area (Å²) < 4.78 is 1.13. The Hall–Kier alpha value is -1.28. The van der Waals surface area contributed by atoms with Crippen LogP contribution in [0.5, 0.6) is 0 Å². The second-order valence-corrected chi connectivity index (χ2v) is 8.37. The predicted octanol–water partition coefficient (Wildman–Crippen LogP) is 6.13. The van der Waals surface area contributed by atoms with Crippen LogP contribution in [0.25, 0.3) is 0 Å². The van der Waals surface area contributed by atoms with Crippen molar-refractivity contribution in [2.45, 2.75) is 45.4 Å². The third kappa shape index (κ3) is 2.40. The number of anilines is 2. The summed E-state index contributed by atoms with van der Waals surface area (Å²) in [6.07, 6.45) is 0. The number of hydrogen-bond donors (Lipinski definition) is 1. The van der Waals surface area contributed by atoms with Gasteiger partial charge in [-0.25, -0.2) is 0 Å². The van der Waals surface area contributed by atoms with Crippen LogP contribution in [0, 0.1) is 0 Å². The van der Waals surface area contributed by atoms with Gasteiger partial charge in [-0.3, -0.25) is 0 Å². The van der Waals surface area contributed by atoms with E-state index in [1.807, 2.05) is 0 Å². The normalized spacial score (nSPS) is 15.9. The monoisotopic (exact) mass is 343 g/mol. The summed E-state index contributed by atoms with van der Waals surface area (Å²) in [4.78, 5) is 0. The van der Waals surface area contributed by atoms with E-state index in [9.17, 15) is 0 Å². The van der Waals surface area contributed by atoms with E-state index in [0.29, 0.717) is 0 Å². The molecule has 1 N–H and O–H groups in total. The number of halogens is 1. The summed E-state index contributed by atoms with van der Waals surface area (Å²) >= 11 is 3.60. The molecule has 1 heterocycles. The van der Waals surface area contributed by atoms with Gasteiger partial charge >= 0.3 is 0 Å². The highest BCUT2D eigenvalue weighted by molar-refractivity contribution is 9.10. The maximum Gasteiger partial charge on any atom is 0.0426 e. The van der Waals surface area contributed by atoms with Crippen molar-refractivity contribution in [3.63, 3.8) is 0 Å². The molecule has 1 aliphatic heterocycles. The van der Waals surface area contributed by atoms with E-state index >= 15 is 0 Å². The standard InChI is InChI=1S/C19H22BrN/c1-18(2,3)12-6-8-16-14(10-12)19(4,5)15-11-13(20)7-9-17(15)21-16/h6-11,21H,1-5H3. The Morgan fingerprint density at radius 1 is 0.905 bits per heavy atom. The van der Waals surface area contributed by atoms with E-state index in [0.717, 1.165) is 4.47 Å². The van der Waals surface area contributed by atoms with Crippen molar-refractivity contribution < 1.29 is 0 Å². The van der Waals surface area contributed by atoms with Crippen LogP contribution in [0.15, 0.2) is 40.9 Å². The van der Waals surface area contributed by atoms with E-state index in [4.69, 9.17) is 0 Å². The minimum absolute atomic E-state index is 0.000949. The maximum atomic E-state index is 3.60. The molecule has 0 amide bonds. The number of hydrogen-bond acceptors (Lipinski definition) is 1. The second-order valence-electron chi connectivity index (χ2n) is 7.45. The minimum atomic E-state index is 0.000949.